The molecule has 2 heterocycles. The first-order chi connectivity index (χ1) is 19.5. The van der Waals surface area contributed by atoms with E-state index in [1.165, 1.54) is 22.8 Å². The fraction of sp³-hybridized carbons (Fsp3) is 0.405. The van der Waals surface area contributed by atoms with Crippen molar-refractivity contribution in [3.63, 3.8) is 0 Å². The van der Waals surface area contributed by atoms with Crippen molar-refractivity contribution in [2.75, 3.05) is 0 Å². The number of benzene rings is 2. The molecule has 2 aromatic heterocycles. The van der Waals surface area contributed by atoms with Crippen molar-refractivity contribution in [1.29, 1.82) is 0 Å². The van der Waals surface area contributed by atoms with Crippen LogP contribution in [0.15, 0.2) is 58.8 Å². The van der Waals surface area contributed by atoms with Crippen molar-refractivity contribution in [1.82, 2.24) is 4.98 Å². The summed E-state index contributed by atoms with van der Waals surface area (Å²) in [6.07, 6.45) is 6.76. The van der Waals surface area contributed by atoms with Crippen LogP contribution < -0.4 is 0 Å². The number of aromatic nitrogens is 1. The van der Waals surface area contributed by atoms with Gasteiger partial charge in [-0.25, -0.2) is 0 Å². The Morgan fingerprint density at radius 1 is 0.905 bits per heavy atom. The Hall–Kier alpha value is -3.01. The summed E-state index contributed by atoms with van der Waals surface area (Å²) in [6.45, 7) is 18.6. The molecule has 5 heteroatoms. The first kappa shape index (κ1) is 35.2. The minimum Gasteiger partial charge on any atom is -0.512 e. The van der Waals surface area contributed by atoms with E-state index in [2.05, 4.69) is 76.0 Å². The van der Waals surface area contributed by atoms with Crippen LogP contribution in [0, 0.1) is 52.5 Å². The quantitative estimate of drug-likeness (QED) is 0.105. The van der Waals surface area contributed by atoms with E-state index in [4.69, 9.17) is 4.42 Å². The van der Waals surface area contributed by atoms with E-state index in [0.29, 0.717) is 0 Å². The van der Waals surface area contributed by atoms with Gasteiger partial charge in [-0.3, -0.25) is 4.79 Å². The number of allylic oxidation sites excluding steroid dienone is 2. The zero-order chi connectivity index (χ0) is 30.3. The van der Waals surface area contributed by atoms with E-state index in [9.17, 15) is 9.90 Å². The van der Waals surface area contributed by atoms with E-state index in [1.54, 1.807) is 0 Å². The van der Waals surface area contributed by atoms with Gasteiger partial charge in [-0.2, -0.15) is 0 Å². The Labute approximate surface area is 266 Å². The third-order valence-electron chi connectivity index (χ3n) is 7.96. The maximum absolute atomic E-state index is 11.7. The van der Waals surface area contributed by atoms with Crippen molar-refractivity contribution in [3.05, 3.63) is 88.3 Å². The second-order valence-electron chi connectivity index (χ2n) is 11.2. The van der Waals surface area contributed by atoms with Crippen LogP contribution in [0.5, 0.6) is 0 Å². The summed E-state index contributed by atoms with van der Waals surface area (Å²) in [5.74, 6) is 1.47. The van der Waals surface area contributed by atoms with Crippen molar-refractivity contribution in [2.45, 2.75) is 88.0 Å². The monoisotopic (exact) mass is 745 g/mol. The van der Waals surface area contributed by atoms with E-state index >= 15 is 0 Å². The Kier molecular flexibility index (Phi) is 13.4. The van der Waals surface area contributed by atoms with Crippen LogP contribution in [0.25, 0.3) is 33.6 Å². The van der Waals surface area contributed by atoms with Gasteiger partial charge in [0.2, 0.25) is 0 Å². The van der Waals surface area contributed by atoms with Crippen LogP contribution in [0.2, 0.25) is 0 Å². The number of carbonyl (C=O) groups is 1. The summed E-state index contributed by atoms with van der Waals surface area (Å²) in [5, 5.41) is 10.9. The van der Waals surface area contributed by atoms with E-state index in [1.807, 2.05) is 40.0 Å². The molecule has 0 fully saturated rings. The SMILES string of the molecule is CCC(CC)C(=O)/C=C(\O)C(CC)CC.Cc1[c-]c(-c2nccc3c(C)c(-c4ccc(C)cc4C)oc23)cc(C)c1.[Ir]. The Bertz CT molecular complexity index is 1500. The molecular formula is C37H46IrNO3-. The van der Waals surface area contributed by atoms with E-state index in [-0.39, 0.29) is 43.5 Å². The van der Waals surface area contributed by atoms with Gasteiger partial charge >= 0.3 is 0 Å². The number of aryl methyl sites for hydroxylation is 5. The number of hydrogen-bond acceptors (Lipinski definition) is 4. The molecule has 227 valence electrons. The predicted octanol–water partition coefficient (Wildman–Crippen LogP) is 10.4. The number of aliphatic hydroxyl groups is 1. The van der Waals surface area contributed by atoms with Gasteiger partial charge in [0.05, 0.1) is 5.76 Å². The largest absolute Gasteiger partial charge is 0.512 e. The fourth-order valence-corrected chi connectivity index (χ4v) is 5.47. The summed E-state index contributed by atoms with van der Waals surface area (Å²) < 4.78 is 6.39. The molecule has 0 saturated heterocycles. The van der Waals surface area contributed by atoms with Crippen molar-refractivity contribution >= 4 is 16.8 Å². The third kappa shape index (κ3) is 8.30. The molecule has 1 N–H and O–H groups in total. The molecular weight excluding hydrogens is 699 g/mol. The van der Waals surface area contributed by atoms with Gasteiger partial charge in [-0.1, -0.05) is 65.3 Å². The smallest absolute Gasteiger partial charge is 0.162 e. The van der Waals surface area contributed by atoms with Gasteiger partial charge in [0, 0.05) is 66.4 Å². The summed E-state index contributed by atoms with van der Waals surface area (Å²) in [6, 6.07) is 16.2. The molecule has 0 unspecified atom stereocenters. The molecule has 4 nitrogen and oxygen atoms in total. The molecule has 2 aromatic carbocycles. The van der Waals surface area contributed by atoms with E-state index < -0.39 is 0 Å². The maximum atomic E-state index is 11.7. The Morgan fingerprint density at radius 3 is 2.12 bits per heavy atom. The molecule has 0 spiro atoms. The summed E-state index contributed by atoms with van der Waals surface area (Å²) in [5.41, 5.74) is 9.75. The van der Waals surface area contributed by atoms with E-state index in [0.717, 1.165) is 70.4 Å². The first-order valence-corrected chi connectivity index (χ1v) is 14.9. The molecule has 0 aliphatic rings. The molecule has 0 amide bonds. The summed E-state index contributed by atoms with van der Waals surface area (Å²) in [4.78, 5) is 16.3. The number of hydrogen-bond donors (Lipinski definition) is 1. The van der Waals surface area contributed by atoms with Crippen molar-refractivity contribution in [2.24, 2.45) is 11.8 Å². The normalized spacial score (nSPS) is 11.5. The molecule has 4 rings (SSSR count). The minimum atomic E-state index is 0. The first-order valence-electron chi connectivity index (χ1n) is 14.9. The number of pyridine rings is 1. The van der Waals surface area contributed by atoms with Gasteiger partial charge < -0.3 is 14.5 Å². The summed E-state index contributed by atoms with van der Waals surface area (Å²) in [7, 11) is 0. The standard InChI is InChI=1S/C24H22NO.C13H24O2.Ir/c1-14-6-7-20(17(4)11-14)23-18(5)21-8-9-25-22(24(21)26-23)19-12-15(2)10-16(3)13-19;1-5-10(6-2)12(14)9-13(15)11(7-3)8-4;/h6-12H,1-5H3;9-11,14H,5-8H2,1-4H3;/q-1;;/b;12-9-;. The second-order valence-corrected chi connectivity index (χ2v) is 11.2. The molecule has 0 saturated carbocycles. The fourth-order valence-electron chi connectivity index (χ4n) is 5.47. The van der Waals surface area contributed by atoms with Gasteiger partial charge in [0.25, 0.3) is 0 Å². The van der Waals surface area contributed by atoms with Crippen LogP contribution in [0.3, 0.4) is 0 Å². The predicted molar refractivity (Wildman–Crippen MR) is 171 cm³/mol. The number of rotatable bonds is 9. The van der Waals surface area contributed by atoms with Crippen LogP contribution in [0.1, 0.15) is 81.2 Å². The Morgan fingerprint density at radius 2 is 1.55 bits per heavy atom. The van der Waals surface area contributed by atoms with Crippen LogP contribution in [0.4, 0.5) is 0 Å². The molecule has 42 heavy (non-hydrogen) atoms. The number of ketones is 1. The number of carbonyl (C=O) groups excluding carboxylic acids is 1. The summed E-state index contributed by atoms with van der Waals surface area (Å²) >= 11 is 0. The maximum Gasteiger partial charge on any atom is 0.162 e. The van der Waals surface area contributed by atoms with Gasteiger partial charge in [0.1, 0.15) is 11.3 Å². The number of fused-ring (bicyclic) bond motifs is 1. The third-order valence-corrected chi connectivity index (χ3v) is 7.96. The molecule has 0 atom stereocenters. The minimum absolute atomic E-state index is 0. The number of nitrogens with zero attached hydrogens (tertiary/aromatic N) is 1. The average molecular weight is 745 g/mol. The molecule has 0 aliphatic carbocycles. The van der Waals surface area contributed by atoms with Crippen LogP contribution >= 0.6 is 0 Å². The Balaban J connectivity index is 0.000000334. The number of furan rings is 1. The zero-order valence-electron chi connectivity index (χ0n) is 26.6. The van der Waals surface area contributed by atoms with Gasteiger partial charge in [0.15, 0.2) is 5.78 Å². The van der Waals surface area contributed by atoms with Crippen LogP contribution in [-0.4, -0.2) is 15.9 Å². The molecule has 0 aliphatic heterocycles. The topological polar surface area (TPSA) is 63.3 Å². The average Bonchev–Trinajstić information content (AvgIpc) is 3.26. The zero-order valence-corrected chi connectivity index (χ0v) is 29.0. The molecule has 4 aromatic rings. The van der Waals surface area contributed by atoms with Gasteiger partial charge in [-0.05, 0) is 58.1 Å². The second kappa shape index (κ2) is 16.0. The van der Waals surface area contributed by atoms with Gasteiger partial charge in [-0.15, -0.1) is 34.9 Å². The molecule has 0 bridgehead atoms. The van der Waals surface area contributed by atoms with Crippen molar-refractivity contribution < 1.29 is 34.4 Å². The van der Waals surface area contributed by atoms with Crippen molar-refractivity contribution in [3.8, 4) is 22.6 Å². The molecule has 1 radical (unpaired) electrons. The number of aliphatic hydroxyl groups excluding tert-OH is 1. The van der Waals surface area contributed by atoms with Crippen LogP contribution in [-0.2, 0) is 24.9 Å².